The van der Waals surface area contributed by atoms with Crippen LogP contribution in [0.2, 0.25) is 0 Å². The summed E-state index contributed by atoms with van der Waals surface area (Å²) in [6, 6.07) is 17.4. The van der Waals surface area contributed by atoms with Crippen molar-refractivity contribution in [3.63, 3.8) is 0 Å². The van der Waals surface area contributed by atoms with Crippen LogP contribution in [0.4, 0.5) is 4.39 Å². The van der Waals surface area contributed by atoms with Gasteiger partial charge in [-0.05, 0) is 34.0 Å². The van der Waals surface area contributed by atoms with Crippen LogP contribution in [0.5, 0.6) is 0 Å². The van der Waals surface area contributed by atoms with Crippen LogP contribution >= 0.6 is 0 Å². The van der Waals surface area contributed by atoms with Crippen LogP contribution in [-0.4, -0.2) is 37.0 Å². The highest BCUT2D eigenvalue weighted by Gasteiger charge is 2.27. The molecule has 7 heteroatoms. The molecular formula is C25H25FN2O4. The smallest absolute Gasteiger partial charge is 0.328 e. The van der Waals surface area contributed by atoms with E-state index in [4.69, 9.17) is 4.74 Å². The van der Waals surface area contributed by atoms with Crippen LogP contribution in [0.25, 0.3) is 10.8 Å². The first kappa shape index (κ1) is 22.9. The quantitative estimate of drug-likeness (QED) is 0.532. The molecule has 2 atom stereocenters. The molecule has 0 aliphatic carbocycles. The Kier molecular flexibility index (Phi) is 7.54. The number of benzene rings is 3. The maximum Gasteiger partial charge on any atom is 0.328 e. The first-order valence-corrected chi connectivity index (χ1v) is 10.2. The Morgan fingerprint density at radius 2 is 1.62 bits per heavy atom. The number of nitrogens with one attached hydrogen (secondary N) is 2. The van der Waals surface area contributed by atoms with E-state index < -0.39 is 35.7 Å². The Morgan fingerprint density at radius 1 is 0.906 bits per heavy atom. The number of esters is 1. The molecule has 0 aliphatic heterocycles. The summed E-state index contributed by atoms with van der Waals surface area (Å²) in [6.45, 7) is 1.29. The Balaban J connectivity index is 1.82. The highest BCUT2D eigenvalue weighted by molar-refractivity contribution is 5.91. The number of amides is 2. The Bertz CT molecular complexity index is 1130. The summed E-state index contributed by atoms with van der Waals surface area (Å²) in [6.07, 6.45) is 0.290. The third-order valence-electron chi connectivity index (χ3n) is 5.13. The first-order valence-electron chi connectivity index (χ1n) is 10.2. The Labute approximate surface area is 185 Å². The lowest BCUT2D eigenvalue weighted by Gasteiger charge is -2.22. The average molecular weight is 436 g/mol. The van der Waals surface area contributed by atoms with Crippen LogP contribution in [0.1, 0.15) is 18.1 Å². The van der Waals surface area contributed by atoms with E-state index in [1.165, 1.54) is 32.2 Å². The van der Waals surface area contributed by atoms with Crippen LogP contribution in [0.3, 0.4) is 0 Å². The fraction of sp³-hybridized carbons (Fsp3) is 0.240. The van der Waals surface area contributed by atoms with Gasteiger partial charge in [0.1, 0.15) is 17.9 Å². The molecule has 0 saturated heterocycles. The minimum Gasteiger partial charge on any atom is -0.467 e. The lowest BCUT2D eigenvalue weighted by molar-refractivity contribution is -0.145. The molecule has 6 nitrogen and oxygen atoms in total. The van der Waals surface area contributed by atoms with Gasteiger partial charge in [0.25, 0.3) is 0 Å². The molecule has 2 N–H and O–H groups in total. The van der Waals surface area contributed by atoms with E-state index in [1.807, 2.05) is 42.5 Å². The van der Waals surface area contributed by atoms with Crippen molar-refractivity contribution in [1.29, 1.82) is 0 Å². The number of carbonyl (C=O) groups is 3. The highest BCUT2D eigenvalue weighted by Crippen LogP contribution is 2.20. The molecule has 0 fully saturated rings. The van der Waals surface area contributed by atoms with E-state index in [0.717, 1.165) is 16.3 Å². The lowest BCUT2D eigenvalue weighted by Crippen LogP contribution is -2.53. The number of hydrogen-bond acceptors (Lipinski definition) is 4. The normalized spacial score (nSPS) is 12.6. The number of methoxy groups -OCH3 is 1. The van der Waals surface area contributed by atoms with Gasteiger partial charge in [0.05, 0.1) is 7.11 Å². The maximum atomic E-state index is 13.6. The van der Waals surface area contributed by atoms with Gasteiger partial charge < -0.3 is 15.4 Å². The van der Waals surface area contributed by atoms with Crippen molar-refractivity contribution in [2.75, 3.05) is 7.11 Å². The SMILES string of the molecule is COC(=O)[C@H](Cc1cccc2ccccc12)NC(=O)[C@@H](Cc1cccc(F)c1)NC(C)=O. The fourth-order valence-corrected chi connectivity index (χ4v) is 3.65. The predicted molar refractivity (Wildman–Crippen MR) is 119 cm³/mol. The number of carbonyl (C=O) groups excluding carboxylic acids is 3. The van der Waals surface area contributed by atoms with E-state index in [0.29, 0.717) is 5.56 Å². The Hall–Kier alpha value is -3.74. The molecule has 0 aliphatic rings. The monoisotopic (exact) mass is 436 g/mol. The van der Waals surface area contributed by atoms with Crippen LogP contribution < -0.4 is 10.6 Å². The molecule has 0 spiro atoms. The van der Waals surface area contributed by atoms with Gasteiger partial charge >= 0.3 is 5.97 Å². The number of fused-ring (bicyclic) bond motifs is 1. The molecule has 0 saturated carbocycles. The minimum atomic E-state index is -0.978. The summed E-state index contributed by atoms with van der Waals surface area (Å²) in [5.41, 5.74) is 1.42. The number of halogens is 1. The zero-order valence-electron chi connectivity index (χ0n) is 17.9. The van der Waals surface area contributed by atoms with Crippen molar-refractivity contribution >= 4 is 28.6 Å². The fourth-order valence-electron chi connectivity index (χ4n) is 3.65. The summed E-state index contributed by atoms with van der Waals surface area (Å²) in [5.74, 6) is -2.00. The second kappa shape index (κ2) is 10.5. The summed E-state index contributed by atoms with van der Waals surface area (Å²) in [7, 11) is 1.25. The molecule has 3 rings (SSSR count). The zero-order valence-corrected chi connectivity index (χ0v) is 17.9. The standard InChI is InChI=1S/C25H25FN2O4/c1-16(29)27-22(14-17-7-5-11-20(26)13-17)24(30)28-23(25(31)32-2)15-19-10-6-9-18-8-3-4-12-21(18)19/h3-13,22-23H,14-15H2,1-2H3,(H,27,29)(H,28,30)/t22-,23+/m1/s1. The molecule has 0 aromatic heterocycles. The van der Waals surface area contributed by atoms with Crippen molar-refractivity contribution in [1.82, 2.24) is 10.6 Å². The van der Waals surface area contributed by atoms with Crippen molar-refractivity contribution < 1.29 is 23.5 Å². The molecule has 0 heterocycles. The van der Waals surface area contributed by atoms with Crippen molar-refractivity contribution in [2.24, 2.45) is 0 Å². The molecule has 2 amide bonds. The van der Waals surface area contributed by atoms with Gasteiger partial charge in [0, 0.05) is 19.8 Å². The summed E-state index contributed by atoms with van der Waals surface area (Å²) in [4.78, 5) is 37.2. The van der Waals surface area contributed by atoms with Crippen LogP contribution in [-0.2, 0) is 32.0 Å². The van der Waals surface area contributed by atoms with Crippen LogP contribution in [0.15, 0.2) is 66.7 Å². The van der Waals surface area contributed by atoms with Gasteiger partial charge in [-0.15, -0.1) is 0 Å². The summed E-state index contributed by atoms with van der Waals surface area (Å²) >= 11 is 0. The van der Waals surface area contributed by atoms with E-state index in [2.05, 4.69) is 10.6 Å². The van der Waals surface area contributed by atoms with Gasteiger partial charge in [-0.3, -0.25) is 9.59 Å². The van der Waals surface area contributed by atoms with Crippen molar-refractivity contribution in [3.8, 4) is 0 Å². The highest BCUT2D eigenvalue weighted by atomic mass is 19.1. The molecule has 166 valence electrons. The van der Waals surface area contributed by atoms with Crippen molar-refractivity contribution in [3.05, 3.63) is 83.7 Å². The Morgan fingerprint density at radius 3 is 2.34 bits per heavy atom. The van der Waals surface area contributed by atoms with Crippen molar-refractivity contribution in [2.45, 2.75) is 31.8 Å². The van der Waals surface area contributed by atoms with Crippen LogP contribution in [0, 0.1) is 5.82 Å². The van der Waals surface area contributed by atoms with Gasteiger partial charge in [-0.2, -0.15) is 0 Å². The number of ether oxygens (including phenoxy) is 1. The lowest BCUT2D eigenvalue weighted by atomic mass is 9.98. The number of hydrogen-bond donors (Lipinski definition) is 2. The summed E-state index contributed by atoms with van der Waals surface area (Å²) < 4.78 is 18.5. The number of rotatable bonds is 8. The van der Waals surface area contributed by atoms with E-state index in [9.17, 15) is 18.8 Å². The average Bonchev–Trinajstić information content (AvgIpc) is 2.77. The molecule has 32 heavy (non-hydrogen) atoms. The predicted octanol–water partition coefficient (Wildman–Crippen LogP) is 2.93. The maximum absolute atomic E-state index is 13.6. The second-order valence-electron chi connectivity index (χ2n) is 7.51. The third kappa shape index (κ3) is 5.91. The minimum absolute atomic E-state index is 0.0747. The van der Waals surface area contributed by atoms with Gasteiger partial charge in [-0.1, -0.05) is 54.6 Å². The molecule has 0 bridgehead atoms. The zero-order chi connectivity index (χ0) is 23.1. The third-order valence-corrected chi connectivity index (χ3v) is 5.13. The van der Waals surface area contributed by atoms with Gasteiger partial charge in [-0.25, -0.2) is 9.18 Å². The first-order chi connectivity index (χ1) is 15.4. The second-order valence-corrected chi connectivity index (χ2v) is 7.51. The topological polar surface area (TPSA) is 84.5 Å². The molecular weight excluding hydrogens is 411 g/mol. The molecule has 0 unspecified atom stereocenters. The van der Waals surface area contributed by atoms with E-state index in [1.54, 1.807) is 6.07 Å². The molecule has 3 aromatic carbocycles. The molecule has 3 aromatic rings. The van der Waals surface area contributed by atoms with Gasteiger partial charge in [0.15, 0.2) is 0 Å². The van der Waals surface area contributed by atoms with E-state index in [-0.39, 0.29) is 12.8 Å². The summed E-state index contributed by atoms with van der Waals surface area (Å²) in [5, 5.41) is 7.26. The van der Waals surface area contributed by atoms with E-state index >= 15 is 0 Å². The molecule has 0 radical (unpaired) electrons. The largest absolute Gasteiger partial charge is 0.467 e. The van der Waals surface area contributed by atoms with Gasteiger partial charge in [0.2, 0.25) is 11.8 Å².